The van der Waals surface area contributed by atoms with Crippen LogP contribution in [0.3, 0.4) is 0 Å². The minimum absolute atomic E-state index is 0. The topological polar surface area (TPSA) is 20.2 Å². The molecule has 23 heavy (non-hydrogen) atoms. The van der Waals surface area contributed by atoms with E-state index in [0.717, 1.165) is 6.42 Å². The highest BCUT2D eigenvalue weighted by Crippen LogP contribution is 2.18. The molecule has 0 saturated carbocycles. The molecule has 0 bridgehead atoms. The zero-order valence-electron chi connectivity index (χ0n) is 16.3. The third-order valence-corrected chi connectivity index (χ3v) is 5.00. The van der Waals surface area contributed by atoms with Crippen LogP contribution in [0, 0.1) is 0 Å². The van der Waals surface area contributed by atoms with Gasteiger partial charge < -0.3 is 26.6 Å². The second kappa shape index (κ2) is 18.7. The molecule has 0 fully saturated rings. The molecule has 2 nitrogen and oxygen atoms in total. The summed E-state index contributed by atoms with van der Waals surface area (Å²) in [6.07, 6.45) is 15.9. The third kappa shape index (κ3) is 14.4. The van der Waals surface area contributed by atoms with Crippen LogP contribution >= 0.6 is 0 Å². The van der Waals surface area contributed by atoms with Crippen LogP contribution in [-0.2, 0) is 0 Å². The van der Waals surface area contributed by atoms with E-state index in [0.29, 0.717) is 6.61 Å². The number of nitrogens with zero attached hydrogens (tertiary/aromatic N) is 1. The molecule has 142 valence electrons. The summed E-state index contributed by atoms with van der Waals surface area (Å²) in [5.41, 5.74) is 0. The number of hydrogen-bond donors (Lipinski definition) is 1. The highest BCUT2D eigenvalue weighted by molar-refractivity contribution is 4.52. The van der Waals surface area contributed by atoms with Gasteiger partial charge in [-0.05, 0) is 44.9 Å². The number of aliphatic hydroxyl groups excluding tert-OH is 1. The van der Waals surface area contributed by atoms with Gasteiger partial charge in [0.05, 0.1) is 26.2 Å². The first-order valence-corrected chi connectivity index (χ1v) is 10.2. The van der Waals surface area contributed by atoms with E-state index in [-0.39, 0.29) is 17.0 Å². The number of hydrogen-bond acceptors (Lipinski definition) is 1. The highest BCUT2D eigenvalue weighted by atomic mass is 79.9. The summed E-state index contributed by atoms with van der Waals surface area (Å²) in [6.45, 7) is 12.7. The lowest BCUT2D eigenvalue weighted by Gasteiger charge is -2.39. The maximum Gasteiger partial charge on any atom is 0.0787 e. The molecule has 0 rings (SSSR count). The van der Waals surface area contributed by atoms with E-state index in [1.807, 2.05) is 0 Å². The van der Waals surface area contributed by atoms with Crippen molar-refractivity contribution in [2.75, 3.05) is 32.8 Å². The predicted octanol–water partition coefficient (Wildman–Crippen LogP) is 2.54. The summed E-state index contributed by atoms with van der Waals surface area (Å²) in [5.74, 6) is 0. The number of quaternary nitrogens is 1. The van der Waals surface area contributed by atoms with Crippen molar-refractivity contribution in [2.24, 2.45) is 0 Å². The van der Waals surface area contributed by atoms with E-state index in [1.54, 1.807) is 0 Å². The molecule has 0 aromatic rings. The van der Waals surface area contributed by atoms with Gasteiger partial charge in [-0.25, -0.2) is 0 Å². The van der Waals surface area contributed by atoms with Gasteiger partial charge in [0, 0.05) is 6.61 Å². The summed E-state index contributed by atoms with van der Waals surface area (Å²) in [7, 11) is 0. The number of rotatable bonds is 17. The van der Waals surface area contributed by atoms with E-state index in [1.165, 1.54) is 101 Å². The van der Waals surface area contributed by atoms with Crippen molar-refractivity contribution in [2.45, 2.75) is 97.8 Å². The van der Waals surface area contributed by atoms with Crippen LogP contribution in [0.5, 0.6) is 0 Å². The first-order valence-electron chi connectivity index (χ1n) is 10.2. The SMILES string of the molecule is CCCCCC[N+](CCCC)(CCCCO)CCCCCC.[Br-]. The lowest BCUT2D eigenvalue weighted by atomic mass is 10.1. The van der Waals surface area contributed by atoms with Gasteiger partial charge in [-0.1, -0.05) is 52.9 Å². The van der Waals surface area contributed by atoms with E-state index >= 15 is 0 Å². The van der Waals surface area contributed by atoms with Crippen LogP contribution < -0.4 is 17.0 Å². The van der Waals surface area contributed by atoms with Crippen LogP contribution in [0.25, 0.3) is 0 Å². The van der Waals surface area contributed by atoms with E-state index < -0.39 is 0 Å². The van der Waals surface area contributed by atoms with Gasteiger partial charge in [0.25, 0.3) is 0 Å². The molecule has 0 spiro atoms. The van der Waals surface area contributed by atoms with Gasteiger partial charge in [-0.2, -0.15) is 0 Å². The zero-order chi connectivity index (χ0) is 16.5. The fraction of sp³-hybridized carbons (Fsp3) is 1.00. The maximum atomic E-state index is 9.12. The summed E-state index contributed by atoms with van der Waals surface area (Å²) >= 11 is 0. The summed E-state index contributed by atoms with van der Waals surface area (Å²) < 4.78 is 1.33. The largest absolute Gasteiger partial charge is 1.00 e. The Hall–Kier alpha value is 0.400. The number of aliphatic hydroxyl groups is 1. The monoisotopic (exact) mass is 393 g/mol. The Kier molecular flexibility index (Phi) is 20.9. The first-order chi connectivity index (χ1) is 10.7. The Morgan fingerprint density at radius 1 is 0.522 bits per heavy atom. The van der Waals surface area contributed by atoms with Crippen molar-refractivity contribution in [3.8, 4) is 0 Å². The second-order valence-corrected chi connectivity index (χ2v) is 7.14. The van der Waals surface area contributed by atoms with Crippen LogP contribution in [0.15, 0.2) is 0 Å². The summed E-state index contributed by atoms with van der Waals surface area (Å²) in [4.78, 5) is 0. The lowest BCUT2D eigenvalue weighted by molar-refractivity contribution is -0.929. The highest BCUT2D eigenvalue weighted by Gasteiger charge is 2.25. The molecule has 0 saturated heterocycles. The maximum absolute atomic E-state index is 9.12. The molecule has 3 heteroatoms. The van der Waals surface area contributed by atoms with Gasteiger partial charge in [0.1, 0.15) is 0 Å². The molecular formula is C20H44BrNO. The van der Waals surface area contributed by atoms with E-state index in [4.69, 9.17) is 5.11 Å². The molecular weight excluding hydrogens is 350 g/mol. The van der Waals surface area contributed by atoms with Crippen molar-refractivity contribution in [3.05, 3.63) is 0 Å². The fourth-order valence-corrected chi connectivity index (χ4v) is 3.47. The minimum atomic E-state index is 0. The molecule has 0 heterocycles. The quantitative estimate of drug-likeness (QED) is 0.297. The van der Waals surface area contributed by atoms with E-state index in [9.17, 15) is 0 Å². The normalized spacial score (nSPS) is 11.5. The molecule has 0 aromatic heterocycles. The van der Waals surface area contributed by atoms with Gasteiger partial charge in [0.15, 0.2) is 0 Å². The third-order valence-electron chi connectivity index (χ3n) is 5.00. The van der Waals surface area contributed by atoms with Gasteiger partial charge in [-0.15, -0.1) is 0 Å². The second-order valence-electron chi connectivity index (χ2n) is 7.14. The Balaban J connectivity index is 0. The van der Waals surface area contributed by atoms with Crippen molar-refractivity contribution in [1.29, 1.82) is 0 Å². The Morgan fingerprint density at radius 3 is 1.30 bits per heavy atom. The van der Waals surface area contributed by atoms with Crippen molar-refractivity contribution >= 4 is 0 Å². The zero-order valence-corrected chi connectivity index (χ0v) is 17.9. The van der Waals surface area contributed by atoms with Crippen molar-refractivity contribution in [1.82, 2.24) is 0 Å². The molecule has 0 unspecified atom stereocenters. The van der Waals surface area contributed by atoms with Crippen LogP contribution in [-0.4, -0.2) is 42.4 Å². The van der Waals surface area contributed by atoms with Gasteiger partial charge >= 0.3 is 0 Å². The minimum Gasteiger partial charge on any atom is -1.00 e. The Labute approximate surface area is 157 Å². The van der Waals surface area contributed by atoms with Gasteiger partial charge in [0.2, 0.25) is 0 Å². The molecule has 0 amide bonds. The smallest absolute Gasteiger partial charge is 0.0787 e. The average Bonchev–Trinajstić information content (AvgIpc) is 2.54. The van der Waals surface area contributed by atoms with Gasteiger partial charge in [-0.3, -0.25) is 0 Å². The van der Waals surface area contributed by atoms with Crippen LogP contribution in [0.1, 0.15) is 97.8 Å². The summed E-state index contributed by atoms with van der Waals surface area (Å²) in [5, 5.41) is 9.12. The van der Waals surface area contributed by atoms with E-state index in [2.05, 4.69) is 20.8 Å². The first kappa shape index (κ1) is 25.6. The number of unbranched alkanes of at least 4 members (excludes halogenated alkanes) is 8. The molecule has 0 radical (unpaired) electrons. The molecule has 0 aliphatic heterocycles. The van der Waals surface area contributed by atoms with Crippen molar-refractivity contribution < 1.29 is 26.6 Å². The molecule has 0 aromatic carbocycles. The van der Waals surface area contributed by atoms with Crippen molar-refractivity contribution in [3.63, 3.8) is 0 Å². The lowest BCUT2D eigenvalue weighted by Crippen LogP contribution is -3.00. The Morgan fingerprint density at radius 2 is 0.913 bits per heavy atom. The fourth-order valence-electron chi connectivity index (χ4n) is 3.47. The number of halogens is 1. The van der Waals surface area contributed by atoms with Crippen LogP contribution in [0.2, 0.25) is 0 Å². The predicted molar refractivity (Wildman–Crippen MR) is 99.2 cm³/mol. The van der Waals surface area contributed by atoms with Crippen LogP contribution in [0.4, 0.5) is 0 Å². The molecule has 0 aliphatic carbocycles. The average molecular weight is 394 g/mol. The summed E-state index contributed by atoms with van der Waals surface area (Å²) in [6, 6.07) is 0. The standard InChI is InChI=1S/C20H44NO.BrH/c1-4-7-10-12-17-21(16-9-6-3,19-14-15-20-22)18-13-11-8-5-2;/h22H,4-20H2,1-3H3;1H/q+1;/p-1. The molecule has 0 atom stereocenters. The molecule has 0 aliphatic rings. The Bertz CT molecular complexity index is 212. The molecule has 1 N–H and O–H groups in total.